The zero-order valence-electron chi connectivity index (χ0n) is 10.2. The van der Waals surface area contributed by atoms with Gasteiger partial charge in [0.2, 0.25) is 0 Å². The molecule has 0 unspecified atom stereocenters. The number of hydrogen-bond acceptors (Lipinski definition) is 2. The summed E-state index contributed by atoms with van der Waals surface area (Å²) >= 11 is 0. The maximum atomic E-state index is 12.5. The lowest BCUT2D eigenvalue weighted by Crippen LogP contribution is -2.06. The van der Waals surface area contributed by atoms with Crippen LogP contribution in [0.1, 0.15) is 11.4 Å². The van der Waals surface area contributed by atoms with Gasteiger partial charge in [0.1, 0.15) is 0 Å². The van der Waals surface area contributed by atoms with E-state index < -0.39 is 23.7 Å². The Morgan fingerprint density at radius 3 is 1.25 bits per heavy atom. The Hall–Kier alpha value is -2.00. The molecule has 2 heterocycles. The molecule has 0 spiro atoms. The molecule has 0 aliphatic carbocycles. The molecule has 0 aliphatic heterocycles. The molecule has 0 aliphatic rings. The summed E-state index contributed by atoms with van der Waals surface area (Å²) in [7, 11) is 2.43. The van der Waals surface area contributed by atoms with E-state index in [0.717, 1.165) is 9.36 Å². The van der Waals surface area contributed by atoms with Crippen molar-refractivity contribution in [1.82, 2.24) is 19.6 Å². The van der Waals surface area contributed by atoms with Gasteiger partial charge in [-0.25, -0.2) is 0 Å². The number of rotatable bonds is 1. The average Bonchev–Trinajstić information content (AvgIpc) is 2.80. The predicted molar refractivity (Wildman–Crippen MR) is 55.4 cm³/mol. The van der Waals surface area contributed by atoms with Gasteiger partial charge in [-0.3, -0.25) is 9.36 Å². The van der Waals surface area contributed by atoms with E-state index in [9.17, 15) is 26.3 Å². The van der Waals surface area contributed by atoms with Crippen LogP contribution < -0.4 is 0 Å². The van der Waals surface area contributed by atoms with Crippen LogP contribution in [0.5, 0.6) is 0 Å². The molecule has 2 aromatic rings. The van der Waals surface area contributed by atoms with Gasteiger partial charge < -0.3 is 0 Å². The standard InChI is InChI=1S/C10H8F6N4/c1-19-5(3-7(17-19)9(11,12)13)6-4-8(10(14,15)16)18-20(6)2/h3-4H,1-2H3. The minimum atomic E-state index is -4.67. The Kier molecular flexibility index (Phi) is 3.06. The van der Waals surface area contributed by atoms with Crippen molar-refractivity contribution in [2.45, 2.75) is 12.4 Å². The van der Waals surface area contributed by atoms with Crippen LogP contribution in [-0.4, -0.2) is 19.6 Å². The fraction of sp³-hybridized carbons (Fsp3) is 0.400. The van der Waals surface area contributed by atoms with Gasteiger partial charge in [-0.1, -0.05) is 0 Å². The van der Waals surface area contributed by atoms with E-state index in [1.54, 1.807) is 0 Å². The number of halogens is 6. The van der Waals surface area contributed by atoms with Crippen LogP contribution in [0, 0.1) is 0 Å². The van der Waals surface area contributed by atoms with E-state index in [1.165, 1.54) is 14.1 Å². The van der Waals surface area contributed by atoms with Crippen molar-refractivity contribution >= 4 is 0 Å². The van der Waals surface area contributed by atoms with Crippen molar-refractivity contribution in [2.24, 2.45) is 14.1 Å². The molecule has 0 radical (unpaired) electrons. The van der Waals surface area contributed by atoms with Crippen LogP contribution in [0.25, 0.3) is 11.4 Å². The Balaban J connectivity index is 2.53. The second kappa shape index (κ2) is 4.25. The molecule has 0 fully saturated rings. The van der Waals surface area contributed by atoms with E-state index in [4.69, 9.17) is 0 Å². The second-order valence-electron chi connectivity index (χ2n) is 4.07. The van der Waals surface area contributed by atoms with E-state index in [-0.39, 0.29) is 11.4 Å². The third kappa shape index (κ3) is 2.49. The van der Waals surface area contributed by atoms with Crippen molar-refractivity contribution < 1.29 is 26.3 Å². The number of hydrogen-bond donors (Lipinski definition) is 0. The fourth-order valence-corrected chi connectivity index (χ4v) is 1.69. The monoisotopic (exact) mass is 298 g/mol. The van der Waals surface area contributed by atoms with Gasteiger partial charge in [-0.05, 0) is 12.1 Å². The molecule has 0 aromatic carbocycles. The minimum absolute atomic E-state index is 0.108. The molecule has 20 heavy (non-hydrogen) atoms. The van der Waals surface area contributed by atoms with Crippen molar-refractivity contribution in [1.29, 1.82) is 0 Å². The van der Waals surface area contributed by atoms with Crippen LogP contribution in [0.3, 0.4) is 0 Å². The Morgan fingerprint density at radius 2 is 1.05 bits per heavy atom. The van der Waals surface area contributed by atoms with Crippen LogP contribution in [0.4, 0.5) is 26.3 Å². The third-order valence-corrected chi connectivity index (χ3v) is 2.60. The molecular weight excluding hydrogens is 290 g/mol. The third-order valence-electron chi connectivity index (χ3n) is 2.60. The van der Waals surface area contributed by atoms with Gasteiger partial charge in [0.15, 0.2) is 11.4 Å². The molecule has 0 atom stereocenters. The van der Waals surface area contributed by atoms with Crippen LogP contribution in [0.15, 0.2) is 12.1 Å². The summed E-state index contributed by atoms with van der Waals surface area (Å²) in [6, 6.07) is 1.36. The van der Waals surface area contributed by atoms with Crippen molar-refractivity contribution in [3.05, 3.63) is 23.5 Å². The summed E-state index contributed by atoms with van der Waals surface area (Å²) in [4.78, 5) is 0. The molecule has 2 rings (SSSR count). The van der Waals surface area contributed by atoms with Gasteiger partial charge >= 0.3 is 12.4 Å². The lowest BCUT2D eigenvalue weighted by Gasteiger charge is -2.00. The highest BCUT2D eigenvalue weighted by Crippen LogP contribution is 2.34. The zero-order chi connectivity index (χ0) is 15.3. The molecule has 0 bridgehead atoms. The number of aryl methyl sites for hydroxylation is 2. The van der Waals surface area contributed by atoms with Gasteiger partial charge in [0, 0.05) is 14.1 Å². The van der Waals surface area contributed by atoms with E-state index in [1.807, 2.05) is 0 Å². The smallest absolute Gasteiger partial charge is 0.266 e. The van der Waals surface area contributed by atoms with Crippen molar-refractivity contribution in [3.8, 4) is 11.4 Å². The maximum absolute atomic E-state index is 12.5. The summed E-state index contributed by atoms with van der Waals surface area (Å²) in [5.74, 6) is 0. The van der Waals surface area contributed by atoms with E-state index in [0.29, 0.717) is 12.1 Å². The summed E-state index contributed by atoms with van der Waals surface area (Å²) in [6.45, 7) is 0. The molecular formula is C10H8F6N4. The van der Waals surface area contributed by atoms with Crippen molar-refractivity contribution in [2.75, 3.05) is 0 Å². The molecule has 0 amide bonds. The van der Waals surface area contributed by atoms with Crippen LogP contribution in [-0.2, 0) is 26.4 Å². The average molecular weight is 298 g/mol. The SMILES string of the molecule is Cn1nc(C(F)(F)F)cc1-c1cc(C(F)(F)F)nn1C. The Bertz CT molecular complexity index is 577. The maximum Gasteiger partial charge on any atom is 0.435 e. The Morgan fingerprint density at radius 1 is 0.750 bits per heavy atom. The van der Waals surface area contributed by atoms with Gasteiger partial charge in [0.25, 0.3) is 0 Å². The first-order valence-electron chi connectivity index (χ1n) is 5.23. The van der Waals surface area contributed by atoms with Gasteiger partial charge in [0.05, 0.1) is 11.4 Å². The van der Waals surface area contributed by atoms with E-state index in [2.05, 4.69) is 10.2 Å². The zero-order valence-corrected chi connectivity index (χ0v) is 10.2. The summed E-state index contributed by atoms with van der Waals surface area (Å²) < 4.78 is 76.8. The first-order chi connectivity index (χ1) is 9.00. The quantitative estimate of drug-likeness (QED) is 0.759. The highest BCUT2D eigenvalue weighted by atomic mass is 19.4. The molecule has 0 saturated carbocycles. The molecule has 10 heteroatoms. The fourth-order valence-electron chi connectivity index (χ4n) is 1.69. The second-order valence-corrected chi connectivity index (χ2v) is 4.07. The highest BCUT2D eigenvalue weighted by molar-refractivity contribution is 5.56. The summed E-state index contributed by atoms with van der Waals surface area (Å²) in [5.41, 5.74) is -2.57. The summed E-state index contributed by atoms with van der Waals surface area (Å²) in [5, 5.41) is 6.48. The first kappa shape index (κ1) is 14.4. The molecule has 0 saturated heterocycles. The molecule has 110 valence electrons. The van der Waals surface area contributed by atoms with Gasteiger partial charge in [-0.2, -0.15) is 36.5 Å². The first-order valence-corrected chi connectivity index (χ1v) is 5.23. The molecule has 4 nitrogen and oxygen atoms in total. The molecule has 0 N–H and O–H groups in total. The number of alkyl halides is 6. The number of nitrogens with zero attached hydrogens (tertiary/aromatic N) is 4. The van der Waals surface area contributed by atoms with Crippen molar-refractivity contribution in [3.63, 3.8) is 0 Å². The van der Waals surface area contributed by atoms with Gasteiger partial charge in [-0.15, -0.1) is 0 Å². The molecule has 2 aromatic heterocycles. The van der Waals surface area contributed by atoms with Crippen LogP contribution >= 0.6 is 0 Å². The largest absolute Gasteiger partial charge is 0.435 e. The topological polar surface area (TPSA) is 35.6 Å². The van der Waals surface area contributed by atoms with E-state index >= 15 is 0 Å². The van der Waals surface area contributed by atoms with Crippen LogP contribution in [0.2, 0.25) is 0 Å². The number of aromatic nitrogens is 4. The minimum Gasteiger partial charge on any atom is -0.266 e. The summed E-state index contributed by atoms with van der Waals surface area (Å²) in [6.07, 6.45) is -9.33. The predicted octanol–water partition coefficient (Wildman–Crippen LogP) is 2.86. The lowest BCUT2D eigenvalue weighted by atomic mass is 10.2. The highest BCUT2D eigenvalue weighted by Gasteiger charge is 2.37. The lowest BCUT2D eigenvalue weighted by molar-refractivity contribution is -0.142. The Labute approximate surface area is 108 Å². The normalized spacial score (nSPS) is 13.0.